The highest BCUT2D eigenvalue weighted by atomic mass is 15.1. The summed E-state index contributed by atoms with van der Waals surface area (Å²) in [4.78, 5) is 0. The van der Waals surface area contributed by atoms with Gasteiger partial charge in [0.15, 0.2) is 0 Å². The quantitative estimate of drug-likeness (QED) is 0.336. The number of nitrogens with two attached hydrogens (primary N) is 1. The Hall–Kier alpha value is -0.530. The molecule has 0 aromatic carbocycles. The molecule has 1 aliphatic carbocycles. The SMILES string of the molecule is C/C(=N\N)C1CCCC1C. The molecular weight excluding hydrogens is 124 g/mol. The first kappa shape index (κ1) is 7.58. The Morgan fingerprint density at radius 2 is 2.20 bits per heavy atom. The molecule has 0 spiro atoms. The van der Waals surface area contributed by atoms with Crippen LogP contribution in [0.25, 0.3) is 0 Å². The zero-order chi connectivity index (χ0) is 7.56. The van der Waals surface area contributed by atoms with E-state index in [9.17, 15) is 0 Å². The van der Waals surface area contributed by atoms with Crippen LogP contribution in [0.4, 0.5) is 0 Å². The number of hydrazone groups is 1. The first-order valence-electron chi connectivity index (χ1n) is 4.00. The van der Waals surface area contributed by atoms with Crippen LogP contribution in [0.1, 0.15) is 33.1 Å². The predicted molar refractivity (Wildman–Crippen MR) is 43.8 cm³/mol. The van der Waals surface area contributed by atoms with E-state index in [2.05, 4.69) is 12.0 Å². The Morgan fingerprint density at radius 1 is 1.50 bits per heavy atom. The monoisotopic (exact) mass is 140 g/mol. The Labute approximate surface area is 62.5 Å². The van der Waals surface area contributed by atoms with Crippen LogP contribution in [0, 0.1) is 11.8 Å². The molecule has 1 aliphatic rings. The summed E-state index contributed by atoms with van der Waals surface area (Å²) in [6.45, 7) is 4.32. The van der Waals surface area contributed by atoms with Crippen molar-refractivity contribution >= 4 is 5.71 Å². The third-order valence-corrected chi connectivity index (χ3v) is 2.60. The van der Waals surface area contributed by atoms with Gasteiger partial charge in [0.1, 0.15) is 0 Å². The maximum absolute atomic E-state index is 5.20. The molecule has 10 heavy (non-hydrogen) atoms. The van der Waals surface area contributed by atoms with Crippen molar-refractivity contribution in [1.29, 1.82) is 0 Å². The van der Waals surface area contributed by atoms with Gasteiger partial charge in [-0.15, -0.1) is 0 Å². The molecule has 1 fully saturated rings. The molecule has 58 valence electrons. The summed E-state index contributed by atoms with van der Waals surface area (Å²) in [5, 5.41) is 3.74. The zero-order valence-corrected chi connectivity index (χ0v) is 6.80. The molecule has 0 aromatic rings. The molecule has 0 aromatic heterocycles. The minimum Gasteiger partial charge on any atom is -0.323 e. The van der Waals surface area contributed by atoms with Gasteiger partial charge in [0.25, 0.3) is 0 Å². The van der Waals surface area contributed by atoms with E-state index in [0.717, 1.165) is 11.6 Å². The summed E-state index contributed by atoms with van der Waals surface area (Å²) in [7, 11) is 0. The van der Waals surface area contributed by atoms with Gasteiger partial charge in [-0.2, -0.15) is 5.10 Å². The smallest absolute Gasteiger partial charge is 0.0378 e. The fraction of sp³-hybridized carbons (Fsp3) is 0.875. The van der Waals surface area contributed by atoms with Crippen LogP contribution in [0.15, 0.2) is 5.10 Å². The number of rotatable bonds is 1. The van der Waals surface area contributed by atoms with Crippen molar-refractivity contribution in [3.63, 3.8) is 0 Å². The number of hydrogen-bond donors (Lipinski definition) is 1. The van der Waals surface area contributed by atoms with Crippen LogP contribution in [-0.2, 0) is 0 Å². The van der Waals surface area contributed by atoms with Crippen molar-refractivity contribution in [2.45, 2.75) is 33.1 Å². The maximum Gasteiger partial charge on any atom is 0.0378 e. The van der Waals surface area contributed by atoms with Crippen LogP contribution in [0.3, 0.4) is 0 Å². The molecule has 0 aliphatic heterocycles. The Morgan fingerprint density at radius 3 is 2.60 bits per heavy atom. The second-order valence-corrected chi connectivity index (χ2v) is 3.29. The van der Waals surface area contributed by atoms with E-state index in [1.807, 2.05) is 6.92 Å². The third kappa shape index (κ3) is 1.31. The van der Waals surface area contributed by atoms with Crippen LogP contribution < -0.4 is 5.84 Å². The van der Waals surface area contributed by atoms with E-state index < -0.39 is 0 Å². The lowest BCUT2D eigenvalue weighted by Gasteiger charge is -2.13. The van der Waals surface area contributed by atoms with E-state index in [0.29, 0.717) is 5.92 Å². The van der Waals surface area contributed by atoms with Crippen molar-refractivity contribution in [3.05, 3.63) is 0 Å². The molecule has 0 saturated heterocycles. The molecule has 1 saturated carbocycles. The third-order valence-electron chi connectivity index (χ3n) is 2.60. The minimum absolute atomic E-state index is 0.671. The fourth-order valence-corrected chi connectivity index (χ4v) is 1.86. The fourth-order valence-electron chi connectivity index (χ4n) is 1.86. The highest BCUT2D eigenvalue weighted by Gasteiger charge is 2.25. The second-order valence-electron chi connectivity index (χ2n) is 3.29. The molecule has 2 atom stereocenters. The predicted octanol–water partition coefficient (Wildman–Crippen LogP) is 1.76. The number of nitrogens with zero attached hydrogens (tertiary/aromatic N) is 1. The van der Waals surface area contributed by atoms with Gasteiger partial charge in [-0.25, -0.2) is 0 Å². The van der Waals surface area contributed by atoms with Crippen LogP contribution >= 0.6 is 0 Å². The molecule has 2 nitrogen and oxygen atoms in total. The highest BCUT2D eigenvalue weighted by Crippen LogP contribution is 2.31. The molecule has 2 N–H and O–H groups in total. The second kappa shape index (κ2) is 3.04. The summed E-state index contributed by atoms with van der Waals surface area (Å²) in [6.07, 6.45) is 3.98. The maximum atomic E-state index is 5.20. The molecule has 0 radical (unpaired) electrons. The lowest BCUT2D eigenvalue weighted by atomic mass is 9.94. The normalized spacial score (nSPS) is 34.8. The van der Waals surface area contributed by atoms with Gasteiger partial charge in [0.2, 0.25) is 0 Å². The van der Waals surface area contributed by atoms with Gasteiger partial charge >= 0.3 is 0 Å². The molecule has 2 heteroatoms. The summed E-state index contributed by atoms with van der Waals surface area (Å²) < 4.78 is 0. The minimum atomic E-state index is 0.671. The van der Waals surface area contributed by atoms with Gasteiger partial charge in [-0.3, -0.25) is 0 Å². The molecule has 1 rings (SSSR count). The summed E-state index contributed by atoms with van der Waals surface area (Å²) in [5.74, 6) is 6.67. The Balaban J connectivity index is 2.55. The van der Waals surface area contributed by atoms with Crippen LogP contribution in [0.2, 0.25) is 0 Å². The van der Waals surface area contributed by atoms with Gasteiger partial charge in [-0.05, 0) is 19.3 Å². The molecule has 2 unspecified atom stereocenters. The van der Waals surface area contributed by atoms with Gasteiger partial charge in [0.05, 0.1) is 0 Å². The summed E-state index contributed by atoms with van der Waals surface area (Å²) >= 11 is 0. The molecule has 0 amide bonds. The summed E-state index contributed by atoms with van der Waals surface area (Å²) in [5.41, 5.74) is 1.13. The van der Waals surface area contributed by atoms with Gasteiger partial charge in [0, 0.05) is 11.6 Å². The van der Waals surface area contributed by atoms with E-state index >= 15 is 0 Å². The molecule has 0 bridgehead atoms. The Bertz CT molecular complexity index is 140. The van der Waals surface area contributed by atoms with Gasteiger partial charge < -0.3 is 5.84 Å². The lowest BCUT2D eigenvalue weighted by molar-refractivity contribution is 0.527. The summed E-state index contributed by atoms with van der Waals surface area (Å²) in [6, 6.07) is 0. The van der Waals surface area contributed by atoms with E-state index in [1.165, 1.54) is 19.3 Å². The number of hydrogen-bond acceptors (Lipinski definition) is 2. The van der Waals surface area contributed by atoms with Crippen molar-refractivity contribution in [2.75, 3.05) is 0 Å². The van der Waals surface area contributed by atoms with Gasteiger partial charge in [-0.1, -0.05) is 19.8 Å². The average Bonchev–Trinajstić information content (AvgIpc) is 2.34. The van der Waals surface area contributed by atoms with Crippen LogP contribution in [0.5, 0.6) is 0 Å². The largest absolute Gasteiger partial charge is 0.323 e. The van der Waals surface area contributed by atoms with Crippen LogP contribution in [-0.4, -0.2) is 5.71 Å². The van der Waals surface area contributed by atoms with Crippen molar-refractivity contribution in [1.82, 2.24) is 0 Å². The van der Waals surface area contributed by atoms with Crippen molar-refractivity contribution < 1.29 is 0 Å². The standard InChI is InChI=1S/C8H16N2/c1-6-4-3-5-8(6)7(2)10-9/h6,8H,3-5,9H2,1-2H3/b10-7+. The molecule has 0 heterocycles. The Kier molecular flexibility index (Phi) is 2.30. The van der Waals surface area contributed by atoms with E-state index in [4.69, 9.17) is 5.84 Å². The van der Waals surface area contributed by atoms with Crippen molar-refractivity contribution in [3.8, 4) is 0 Å². The highest BCUT2D eigenvalue weighted by molar-refractivity contribution is 5.84. The zero-order valence-electron chi connectivity index (χ0n) is 6.80. The first-order chi connectivity index (χ1) is 4.75. The lowest BCUT2D eigenvalue weighted by Crippen LogP contribution is -2.15. The van der Waals surface area contributed by atoms with E-state index in [1.54, 1.807) is 0 Å². The topological polar surface area (TPSA) is 38.4 Å². The van der Waals surface area contributed by atoms with Crippen molar-refractivity contribution in [2.24, 2.45) is 22.8 Å². The van der Waals surface area contributed by atoms with E-state index in [-0.39, 0.29) is 0 Å². The first-order valence-corrected chi connectivity index (χ1v) is 4.00. The average molecular weight is 140 g/mol. The molecular formula is C8H16N2.